The first kappa shape index (κ1) is 21.6. The van der Waals surface area contributed by atoms with E-state index in [1.54, 1.807) is 0 Å². The van der Waals surface area contributed by atoms with Crippen LogP contribution in [0.4, 0.5) is 0 Å². The Labute approximate surface area is 178 Å². The molecule has 5 nitrogen and oxygen atoms in total. The number of nitrogens with one attached hydrogen (secondary N) is 1. The summed E-state index contributed by atoms with van der Waals surface area (Å²) in [5.74, 6) is 2.27. The van der Waals surface area contributed by atoms with E-state index in [9.17, 15) is 0 Å². The molecule has 0 bridgehead atoms. The third-order valence-electron chi connectivity index (χ3n) is 5.45. The van der Waals surface area contributed by atoms with Crippen LogP contribution in [0.25, 0.3) is 0 Å². The highest BCUT2D eigenvalue weighted by atomic mass is 127. The van der Waals surface area contributed by atoms with Gasteiger partial charge in [0.05, 0.1) is 12.6 Å². The van der Waals surface area contributed by atoms with Gasteiger partial charge in [-0.3, -0.25) is 4.99 Å². The standard InChI is InChI=1S/C19H28ClN3O2.HI/c1-19(2)16(15-8-10-25-17(15)19)22-18(21-3)23(4)9-11-24-14-7-5-6-13(20)12-14;/h5-7,12,15-17H,8-11H2,1-4H3,(H,21,22);1H. The second kappa shape index (κ2) is 8.97. The van der Waals surface area contributed by atoms with Crippen LogP contribution in [0.1, 0.15) is 20.3 Å². The van der Waals surface area contributed by atoms with Gasteiger partial charge in [-0.05, 0) is 24.6 Å². The molecule has 1 N–H and O–H groups in total. The number of rotatable bonds is 5. The van der Waals surface area contributed by atoms with E-state index in [0.717, 1.165) is 31.3 Å². The topological polar surface area (TPSA) is 46.1 Å². The second-order valence-corrected chi connectivity index (χ2v) is 7.90. The zero-order chi connectivity index (χ0) is 18.0. The van der Waals surface area contributed by atoms with Gasteiger partial charge in [-0.15, -0.1) is 24.0 Å². The highest BCUT2D eigenvalue weighted by Gasteiger charge is 2.59. The SMILES string of the molecule is CN=C(NC1C2CCOC2C1(C)C)N(C)CCOc1cccc(Cl)c1.I. The van der Waals surface area contributed by atoms with Crippen LogP contribution in [-0.2, 0) is 4.74 Å². The average Bonchev–Trinajstić information content (AvgIpc) is 3.02. The van der Waals surface area contributed by atoms with Crippen LogP contribution >= 0.6 is 35.6 Å². The van der Waals surface area contributed by atoms with Crippen LogP contribution in [0.2, 0.25) is 5.02 Å². The Morgan fingerprint density at radius 1 is 1.46 bits per heavy atom. The highest BCUT2D eigenvalue weighted by molar-refractivity contribution is 14.0. The van der Waals surface area contributed by atoms with Crippen molar-refractivity contribution < 1.29 is 9.47 Å². The number of halogens is 2. The Balaban J connectivity index is 0.00000243. The van der Waals surface area contributed by atoms with E-state index in [0.29, 0.717) is 29.7 Å². The van der Waals surface area contributed by atoms with Crippen LogP contribution in [0.15, 0.2) is 29.3 Å². The molecule has 2 aliphatic rings. The van der Waals surface area contributed by atoms with Crippen molar-refractivity contribution in [1.29, 1.82) is 0 Å². The van der Waals surface area contributed by atoms with Gasteiger partial charge in [-0.2, -0.15) is 0 Å². The van der Waals surface area contributed by atoms with Crippen molar-refractivity contribution in [3.63, 3.8) is 0 Å². The van der Waals surface area contributed by atoms with Gasteiger partial charge in [-0.1, -0.05) is 31.5 Å². The van der Waals surface area contributed by atoms with E-state index in [1.807, 2.05) is 38.4 Å². The summed E-state index contributed by atoms with van der Waals surface area (Å²) in [6, 6.07) is 7.87. The van der Waals surface area contributed by atoms with Crippen LogP contribution in [0, 0.1) is 11.3 Å². The molecule has 1 aliphatic carbocycles. The smallest absolute Gasteiger partial charge is 0.193 e. The molecule has 0 aromatic heterocycles. The first-order valence-corrected chi connectivity index (χ1v) is 9.25. The van der Waals surface area contributed by atoms with Crippen molar-refractivity contribution in [3.8, 4) is 5.75 Å². The summed E-state index contributed by atoms with van der Waals surface area (Å²) < 4.78 is 11.7. The molecule has 0 radical (unpaired) electrons. The maximum atomic E-state index is 5.98. The lowest BCUT2D eigenvalue weighted by Gasteiger charge is -2.55. The number of nitrogens with zero attached hydrogens (tertiary/aromatic N) is 2. The summed E-state index contributed by atoms with van der Waals surface area (Å²) in [7, 11) is 3.86. The number of benzene rings is 1. The Morgan fingerprint density at radius 2 is 2.23 bits per heavy atom. The normalized spacial score (nSPS) is 26.3. The molecule has 2 fully saturated rings. The zero-order valence-electron chi connectivity index (χ0n) is 15.9. The zero-order valence-corrected chi connectivity index (χ0v) is 19.0. The van der Waals surface area contributed by atoms with Crippen molar-refractivity contribution in [2.24, 2.45) is 16.3 Å². The van der Waals surface area contributed by atoms with Gasteiger partial charge in [0.25, 0.3) is 0 Å². The van der Waals surface area contributed by atoms with Gasteiger partial charge in [0, 0.05) is 43.1 Å². The average molecular weight is 494 g/mol. The van der Waals surface area contributed by atoms with Gasteiger partial charge < -0.3 is 19.7 Å². The Morgan fingerprint density at radius 3 is 2.92 bits per heavy atom. The summed E-state index contributed by atoms with van der Waals surface area (Å²) >= 11 is 5.98. The Bertz CT molecular complexity index is 641. The van der Waals surface area contributed by atoms with Gasteiger partial charge in [0.1, 0.15) is 12.4 Å². The fraction of sp³-hybridized carbons (Fsp3) is 0.632. The first-order chi connectivity index (χ1) is 11.9. The van der Waals surface area contributed by atoms with Gasteiger partial charge in [-0.25, -0.2) is 0 Å². The minimum atomic E-state index is 0. The second-order valence-electron chi connectivity index (χ2n) is 7.46. The molecule has 26 heavy (non-hydrogen) atoms. The molecular weight excluding hydrogens is 465 g/mol. The van der Waals surface area contributed by atoms with Crippen LogP contribution in [-0.4, -0.2) is 56.9 Å². The molecule has 1 aromatic rings. The fourth-order valence-corrected chi connectivity index (χ4v) is 4.25. The molecule has 7 heteroatoms. The lowest BCUT2D eigenvalue weighted by Crippen LogP contribution is -2.68. The molecule has 1 heterocycles. The molecule has 1 aromatic carbocycles. The lowest BCUT2D eigenvalue weighted by molar-refractivity contribution is -0.107. The van der Waals surface area contributed by atoms with E-state index in [4.69, 9.17) is 21.1 Å². The number of hydrogen-bond acceptors (Lipinski definition) is 3. The van der Waals surface area contributed by atoms with Crippen molar-refractivity contribution in [2.75, 3.05) is 33.9 Å². The van der Waals surface area contributed by atoms with Crippen molar-refractivity contribution in [1.82, 2.24) is 10.2 Å². The fourth-order valence-electron chi connectivity index (χ4n) is 4.06. The first-order valence-electron chi connectivity index (χ1n) is 8.88. The molecule has 1 saturated heterocycles. The molecule has 0 spiro atoms. The minimum absolute atomic E-state index is 0. The van der Waals surface area contributed by atoms with E-state index >= 15 is 0 Å². The summed E-state index contributed by atoms with van der Waals surface area (Å²) in [4.78, 5) is 6.54. The van der Waals surface area contributed by atoms with Gasteiger partial charge in [0.15, 0.2) is 5.96 Å². The summed E-state index contributed by atoms with van der Waals surface area (Å²) in [6.07, 6.45) is 1.50. The largest absolute Gasteiger partial charge is 0.492 e. The highest BCUT2D eigenvalue weighted by Crippen LogP contribution is 2.52. The lowest BCUT2D eigenvalue weighted by atomic mass is 9.57. The van der Waals surface area contributed by atoms with Crippen molar-refractivity contribution >= 4 is 41.5 Å². The third kappa shape index (κ3) is 4.39. The number of guanidine groups is 1. The monoisotopic (exact) mass is 493 g/mol. The van der Waals surface area contributed by atoms with Crippen LogP contribution in [0.3, 0.4) is 0 Å². The number of hydrogen-bond donors (Lipinski definition) is 1. The molecular formula is C19H29ClIN3O2. The summed E-state index contributed by atoms with van der Waals surface area (Å²) in [5, 5.41) is 4.33. The molecule has 0 amide bonds. The quantitative estimate of drug-likeness (QED) is 0.386. The van der Waals surface area contributed by atoms with E-state index in [-0.39, 0.29) is 29.4 Å². The summed E-state index contributed by atoms with van der Waals surface area (Å²) in [5.41, 5.74) is 0.134. The van der Waals surface area contributed by atoms with E-state index in [1.165, 1.54) is 0 Å². The summed E-state index contributed by atoms with van der Waals surface area (Å²) in [6.45, 7) is 6.73. The maximum Gasteiger partial charge on any atom is 0.193 e. The predicted octanol–water partition coefficient (Wildman–Crippen LogP) is 3.66. The number of ether oxygens (including phenoxy) is 2. The van der Waals surface area contributed by atoms with E-state index < -0.39 is 0 Å². The minimum Gasteiger partial charge on any atom is -0.492 e. The van der Waals surface area contributed by atoms with Crippen molar-refractivity contribution in [2.45, 2.75) is 32.4 Å². The third-order valence-corrected chi connectivity index (χ3v) is 5.69. The molecule has 1 aliphatic heterocycles. The van der Waals surface area contributed by atoms with Gasteiger partial charge >= 0.3 is 0 Å². The van der Waals surface area contributed by atoms with Gasteiger partial charge in [0.2, 0.25) is 0 Å². The Kier molecular flexibility index (Phi) is 7.44. The molecule has 3 unspecified atom stereocenters. The van der Waals surface area contributed by atoms with Crippen LogP contribution in [0.5, 0.6) is 5.75 Å². The molecule has 3 rings (SSSR count). The molecule has 146 valence electrons. The van der Waals surface area contributed by atoms with Crippen molar-refractivity contribution in [3.05, 3.63) is 29.3 Å². The number of fused-ring (bicyclic) bond motifs is 1. The molecule has 1 saturated carbocycles. The van der Waals surface area contributed by atoms with E-state index in [2.05, 4.69) is 29.1 Å². The Hall–Kier alpha value is -0.730. The number of aliphatic imine (C=N–C) groups is 1. The predicted molar refractivity (Wildman–Crippen MR) is 117 cm³/mol. The molecule has 3 atom stereocenters. The van der Waals surface area contributed by atoms with Crippen LogP contribution < -0.4 is 10.1 Å². The maximum absolute atomic E-state index is 5.98. The number of likely N-dealkylation sites (N-methyl/N-ethyl adjacent to an activating group) is 1.